The molecule has 1 amide bonds. The maximum absolute atomic E-state index is 12.9. The minimum Gasteiger partial charge on any atom is -0.496 e. The van der Waals surface area contributed by atoms with E-state index in [0.29, 0.717) is 17.9 Å². The zero-order valence-corrected chi connectivity index (χ0v) is 16.4. The topological polar surface area (TPSA) is 109 Å². The van der Waals surface area contributed by atoms with Crippen LogP contribution in [0.3, 0.4) is 0 Å². The van der Waals surface area contributed by atoms with Crippen LogP contribution in [0.5, 0.6) is 29.3 Å². The second-order valence-corrected chi connectivity index (χ2v) is 6.75. The molecule has 1 atom stereocenters. The molecule has 2 aromatic rings. The van der Waals surface area contributed by atoms with E-state index in [4.69, 9.17) is 18.9 Å². The number of benzene rings is 1. The van der Waals surface area contributed by atoms with Gasteiger partial charge in [-0.05, 0) is 18.6 Å². The summed E-state index contributed by atoms with van der Waals surface area (Å²) in [7, 11) is 4.34. The van der Waals surface area contributed by atoms with Gasteiger partial charge in [-0.15, -0.1) is 0 Å². The van der Waals surface area contributed by atoms with Crippen molar-refractivity contribution in [2.75, 3.05) is 27.1 Å². The summed E-state index contributed by atoms with van der Waals surface area (Å²) in [6.07, 6.45) is 0.580. The summed E-state index contributed by atoms with van der Waals surface area (Å²) in [5, 5.41) is 2.67. The molecule has 1 N–H and O–H groups in total. The molecule has 0 spiro atoms. The van der Waals surface area contributed by atoms with E-state index in [2.05, 4.69) is 15.3 Å². The maximum Gasteiger partial charge on any atom is 0.328 e. The molecule has 3 rings (SSSR count). The van der Waals surface area contributed by atoms with Crippen molar-refractivity contribution >= 4 is 22.8 Å². The van der Waals surface area contributed by atoms with Gasteiger partial charge in [-0.3, -0.25) is 9.59 Å². The van der Waals surface area contributed by atoms with Crippen LogP contribution >= 0.6 is 11.8 Å². The fourth-order valence-corrected chi connectivity index (χ4v) is 3.52. The Kier molecular flexibility index (Phi) is 6.19. The average Bonchev–Trinajstić information content (AvgIpc) is 3.11. The smallest absolute Gasteiger partial charge is 0.328 e. The van der Waals surface area contributed by atoms with Gasteiger partial charge < -0.3 is 24.3 Å². The van der Waals surface area contributed by atoms with E-state index in [1.807, 2.05) is 0 Å². The van der Waals surface area contributed by atoms with Crippen LogP contribution in [0.4, 0.5) is 0 Å². The lowest BCUT2D eigenvalue weighted by molar-refractivity contribution is -0.112. The Morgan fingerprint density at radius 2 is 1.79 bits per heavy atom. The monoisotopic (exact) mass is 405 g/mol. The van der Waals surface area contributed by atoms with Crippen LogP contribution in [0.15, 0.2) is 24.3 Å². The second kappa shape index (κ2) is 8.79. The lowest BCUT2D eigenvalue weighted by atomic mass is 10.1. The molecule has 28 heavy (non-hydrogen) atoms. The van der Waals surface area contributed by atoms with Gasteiger partial charge in [0.2, 0.25) is 16.9 Å². The number of nitrogens with one attached hydrogen (secondary N) is 1. The number of rotatable bonds is 7. The van der Waals surface area contributed by atoms with Crippen molar-refractivity contribution in [1.29, 1.82) is 0 Å². The first-order valence-electron chi connectivity index (χ1n) is 8.35. The zero-order chi connectivity index (χ0) is 20.1. The minimum atomic E-state index is -0.538. The predicted molar refractivity (Wildman–Crippen MR) is 102 cm³/mol. The molecule has 10 heteroatoms. The van der Waals surface area contributed by atoms with Crippen molar-refractivity contribution in [2.45, 2.75) is 12.5 Å². The number of aromatic nitrogens is 2. The van der Waals surface area contributed by atoms with Crippen LogP contribution in [-0.2, 0) is 4.79 Å². The van der Waals surface area contributed by atoms with Gasteiger partial charge in [0.15, 0.2) is 0 Å². The SMILES string of the molecule is COc1cc(OC)nc(Oc2cccc(OC)c2C(=O)N[C@H]2CCSC2=O)n1. The van der Waals surface area contributed by atoms with Crippen LogP contribution in [0.2, 0.25) is 0 Å². The standard InChI is InChI=1S/C18H19N3O6S/c1-24-11-5-4-6-12(15(11)16(22)19-10-7-8-28-17(10)23)27-18-20-13(25-2)9-14(21-18)26-3/h4-6,9-10H,7-8H2,1-3H3,(H,19,22)/t10-/m0/s1. The van der Waals surface area contributed by atoms with Crippen LogP contribution in [-0.4, -0.2) is 54.1 Å². The third-order valence-corrected chi connectivity index (χ3v) is 4.96. The Hall–Kier alpha value is -3.01. The average molecular weight is 405 g/mol. The zero-order valence-electron chi connectivity index (χ0n) is 15.6. The van der Waals surface area contributed by atoms with E-state index in [1.54, 1.807) is 18.2 Å². The summed E-state index contributed by atoms with van der Waals surface area (Å²) in [4.78, 5) is 32.9. The van der Waals surface area contributed by atoms with Gasteiger partial charge in [0.05, 0.1) is 33.4 Å². The van der Waals surface area contributed by atoms with Crippen molar-refractivity contribution < 1.29 is 28.5 Å². The summed E-state index contributed by atoms with van der Waals surface area (Å²) in [6.45, 7) is 0. The molecule has 1 fully saturated rings. The third kappa shape index (κ3) is 4.28. The molecule has 1 aliphatic rings. The molecule has 0 radical (unpaired) electrons. The number of methoxy groups -OCH3 is 3. The highest BCUT2D eigenvalue weighted by atomic mass is 32.2. The Morgan fingerprint density at radius 1 is 1.11 bits per heavy atom. The Morgan fingerprint density at radius 3 is 2.36 bits per heavy atom. The fourth-order valence-electron chi connectivity index (χ4n) is 2.58. The molecule has 1 aromatic heterocycles. The first-order chi connectivity index (χ1) is 13.5. The van der Waals surface area contributed by atoms with Gasteiger partial charge in [0.25, 0.3) is 5.91 Å². The first-order valence-corrected chi connectivity index (χ1v) is 9.33. The Bertz CT molecular complexity index is 869. The van der Waals surface area contributed by atoms with Gasteiger partial charge in [-0.1, -0.05) is 17.8 Å². The first kappa shape index (κ1) is 19.7. The van der Waals surface area contributed by atoms with E-state index in [0.717, 1.165) is 0 Å². The summed E-state index contributed by atoms with van der Waals surface area (Å²) in [5.41, 5.74) is 0.139. The highest BCUT2D eigenvalue weighted by molar-refractivity contribution is 8.14. The molecule has 9 nitrogen and oxygen atoms in total. The highest BCUT2D eigenvalue weighted by Gasteiger charge is 2.29. The summed E-state index contributed by atoms with van der Waals surface area (Å²) >= 11 is 1.20. The predicted octanol–water partition coefficient (Wildman–Crippen LogP) is 2.06. The number of nitrogens with zero attached hydrogens (tertiary/aromatic N) is 2. The Labute approximate surface area is 165 Å². The Balaban J connectivity index is 1.93. The van der Waals surface area contributed by atoms with Crippen molar-refractivity contribution in [3.63, 3.8) is 0 Å². The molecule has 0 bridgehead atoms. The molecule has 1 aromatic carbocycles. The molecule has 0 aliphatic carbocycles. The largest absolute Gasteiger partial charge is 0.496 e. The molecule has 1 saturated heterocycles. The maximum atomic E-state index is 12.9. The molecular formula is C18H19N3O6S. The van der Waals surface area contributed by atoms with Gasteiger partial charge >= 0.3 is 6.01 Å². The molecular weight excluding hydrogens is 386 g/mol. The lowest BCUT2D eigenvalue weighted by Gasteiger charge is -2.16. The van der Waals surface area contributed by atoms with Crippen molar-refractivity contribution in [3.05, 3.63) is 29.8 Å². The fraction of sp³-hybridized carbons (Fsp3) is 0.333. The van der Waals surface area contributed by atoms with Crippen LogP contribution in [0.1, 0.15) is 16.8 Å². The number of hydrogen-bond donors (Lipinski definition) is 1. The molecule has 1 aliphatic heterocycles. The third-order valence-electron chi connectivity index (χ3n) is 3.95. The second-order valence-electron chi connectivity index (χ2n) is 5.65. The number of amides is 1. The summed E-state index contributed by atoms with van der Waals surface area (Å²) in [6, 6.07) is 5.77. The van der Waals surface area contributed by atoms with E-state index in [1.165, 1.54) is 39.2 Å². The van der Waals surface area contributed by atoms with Crippen LogP contribution in [0, 0.1) is 0 Å². The minimum absolute atomic E-state index is 0.0634. The molecule has 148 valence electrons. The van der Waals surface area contributed by atoms with Crippen LogP contribution in [0.25, 0.3) is 0 Å². The van der Waals surface area contributed by atoms with E-state index in [-0.39, 0.29) is 34.2 Å². The number of thioether (sulfide) groups is 1. The molecule has 2 heterocycles. The lowest BCUT2D eigenvalue weighted by Crippen LogP contribution is -2.37. The van der Waals surface area contributed by atoms with Crippen molar-refractivity contribution in [1.82, 2.24) is 15.3 Å². The number of hydrogen-bond acceptors (Lipinski definition) is 9. The van der Waals surface area contributed by atoms with Crippen molar-refractivity contribution in [2.24, 2.45) is 0 Å². The number of carbonyl (C=O) groups is 2. The van der Waals surface area contributed by atoms with Crippen LogP contribution < -0.4 is 24.3 Å². The quantitative estimate of drug-likeness (QED) is 0.740. The summed E-state index contributed by atoms with van der Waals surface area (Å²) < 4.78 is 21.2. The van der Waals surface area contributed by atoms with Gasteiger partial charge in [0.1, 0.15) is 17.1 Å². The van der Waals surface area contributed by atoms with Gasteiger partial charge in [0, 0.05) is 5.75 Å². The van der Waals surface area contributed by atoms with E-state index >= 15 is 0 Å². The van der Waals surface area contributed by atoms with Crippen molar-refractivity contribution in [3.8, 4) is 29.3 Å². The van der Waals surface area contributed by atoms with E-state index in [9.17, 15) is 9.59 Å². The van der Waals surface area contributed by atoms with Gasteiger partial charge in [-0.2, -0.15) is 9.97 Å². The number of carbonyl (C=O) groups excluding carboxylic acids is 2. The molecule has 0 unspecified atom stereocenters. The summed E-state index contributed by atoms with van der Waals surface area (Å²) in [5.74, 6) is 1.14. The normalized spacial score (nSPS) is 15.8. The molecule has 0 saturated carbocycles. The number of ether oxygens (including phenoxy) is 4. The van der Waals surface area contributed by atoms with E-state index < -0.39 is 11.9 Å². The van der Waals surface area contributed by atoms with Gasteiger partial charge in [-0.25, -0.2) is 0 Å². The highest BCUT2D eigenvalue weighted by Crippen LogP contribution is 2.32.